The Morgan fingerprint density at radius 1 is 1.35 bits per heavy atom. The van der Waals surface area contributed by atoms with Gasteiger partial charge in [0, 0.05) is 0 Å². The van der Waals surface area contributed by atoms with Gasteiger partial charge in [-0.15, -0.1) is 0 Å². The molecule has 23 heavy (non-hydrogen) atoms. The van der Waals surface area contributed by atoms with Crippen LogP contribution in [-0.4, -0.2) is 27.7 Å². The van der Waals surface area contributed by atoms with Crippen molar-refractivity contribution in [2.24, 2.45) is 0 Å². The third-order valence-electron chi connectivity index (χ3n) is 3.09. The Morgan fingerprint density at radius 3 is 2.87 bits per heavy atom. The highest BCUT2D eigenvalue weighted by Gasteiger charge is 2.16. The zero-order valence-corrected chi connectivity index (χ0v) is 11.8. The first-order chi connectivity index (χ1) is 11.2. The van der Waals surface area contributed by atoms with Crippen molar-refractivity contribution < 1.29 is 19.1 Å². The van der Waals surface area contributed by atoms with E-state index < -0.39 is 18.3 Å². The van der Waals surface area contributed by atoms with Crippen molar-refractivity contribution in [3.63, 3.8) is 0 Å². The first-order valence-corrected chi connectivity index (χ1v) is 6.67. The van der Waals surface area contributed by atoms with Gasteiger partial charge in [0.15, 0.2) is 18.2 Å². The number of imidazole rings is 1. The van der Waals surface area contributed by atoms with E-state index in [1.807, 2.05) is 18.2 Å². The Labute approximate surface area is 130 Å². The summed E-state index contributed by atoms with van der Waals surface area (Å²) in [6.07, 6.45) is 1.33. The Balaban J connectivity index is 1.82. The lowest BCUT2D eigenvalue weighted by molar-refractivity contribution is 0.0467. The Kier molecular flexibility index (Phi) is 3.80. The number of benzene rings is 1. The van der Waals surface area contributed by atoms with Crippen LogP contribution in [-0.2, 0) is 4.74 Å². The second-order valence-corrected chi connectivity index (χ2v) is 4.59. The number of aromatic amines is 1. The summed E-state index contributed by atoms with van der Waals surface area (Å²) in [6.45, 7) is -0.459. The maximum atomic E-state index is 11.6. The number of rotatable bonds is 4. The van der Waals surface area contributed by atoms with Gasteiger partial charge in [0.2, 0.25) is 5.76 Å². The molecular weight excluding hydrogens is 298 g/mol. The predicted molar refractivity (Wildman–Crippen MR) is 80.2 cm³/mol. The summed E-state index contributed by atoms with van der Waals surface area (Å²) < 4.78 is 9.78. The van der Waals surface area contributed by atoms with E-state index in [9.17, 15) is 15.2 Å². The molecule has 2 N–H and O–H groups in total. The van der Waals surface area contributed by atoms with E-state index >= 15 is 0 Å². The molecule has 0 unspecified atom stereocenters. The smallest absolute Gasteiger partial charge is 0.374 e. The summed E-state index contributed by atoms with van der Waals surface area (Å²) >= 11 is 0. The van der Waals surface area contributed by atoms with Crippen LogP contribution in [0.2, 0.25) is 0 Å². The molecule has 0 aliphatic rings. The Bertz CT molecular complexity index is 883. The number of nitrogens with zero attached hydrogens (tertiary/aromatic N) is 2. The van der Waals surface area contributed by atoms with E-state index in [4.69, 9.17) is 9.15 Å². The molecule has 3 aromatic rings. The highest BCUT2D eigenvalue weighted by molar-refractivity contribution is 5.87. The molecule has 2 heterocycles. The van der Waals surface area contributed by atoms with Gasteiger partial charge in [-0.25, -0.2) is 9.78 Å². The Hall–Kier alpha value is -3.53. The number of aromatic nitrogens is 2. The van der Waals surface area contributed by atoms with Gasteiger partial charge in [0.25, 0.3) is 0 Å². The molecule has 0 aliphatic carbocycles. The molecular formula is C16H11N3O4. The number of ether oxygens (including phenoxy) is 1. The highest BCUT2D eigenvalue weighted by Crippen LogP contribution is 2.19. The third kappa shape index (κ3) is 2.91. The normalized spacial score (nSPS) is 11.8. The fourth-order valence-corrected chi connectivity index (χ4v) is 2.00. The number of H-pyrrole nitrogens is 1. The number of aliphatic hydroxyl groups is 1. The number of hydrogen-bond donors (Lipinski definition) is 2. The van der Waals surface area contributed by atoms with Gasteiger partial charge in [0.1, 0.15) is 11.6 Å². The number of nitrogens with one attached hydrogen (secondary N) is 1. The molecule has 0 saturated carbocycles. The fourth-order valence-electron chi connectivity index (χ4n) is 2.00. The van der Waals surface area contributed by atoms with Gasteiger partial charge >= 0.3 is 5.97 Å². The largest absolute Gasteiger partial charge is 0.507 e. The van der Waals surface area contributed by atoms with Gasteiger partial charge in [-0.05, 0) is 24.3 Å². The first kappa shape index (κ1) is 14.4. The molecule has 0 saturated heterocycles. The topological polar surface area (TPSA) is 112 Å². The fraction of sp³-hybridized carbons (Fsp3) is 0.0625. The van der Waals surface area contributed by atoms with Crippen LogP contribution in [0.5, 0.6) is 0 Å². The minimum atomic E-state index is -0.733. The summed E-state index contributed by atoms with van der Waals surface area (Å²) in [5, 5.41) is 19.3. The molecule has 0 amide bonds. The van der Waals surface area contributed by atoms with Crippen LogP contribution in [0.25, 0.3) is 16.6 Å². The van der Waals surface area contributed by atoms with Crippen LogP contribution in [0, 0.1) is 11.3 Å². The van der Waals surface area contributed by atoms with E-state index in [0.717, 1.165) is 5.52 Å². The van der Waals surface area contributed by atoms with Gasteiger partial charge in [-0.3, -0.25) is 0 Å². The monoisotopic (exact) mass is 309 g/mol. The minimum Gasteiger partial charge on any atom is -0.507 e. The zero-order valence-electron chi connectivity index (χ0n) is 11.8. The maximum absolute atomic E-state index is 11.6. The van der Waals surface area contributed by atoms with Crippen molar-refractivity contribution in [1.82, 2.24) is 9.97 Å². The van der Waals surface area contributed by atoms with Crippen molar-refractivity contribution in [2.75, 3.05) is 6.61 Å². The average Bonchev–Trinajstić information content (AvgIpc) is 3.22. The van der Waals surface area contributed by atoms with E-state index in [0.29, 0.717) is 5.52 Å². The number of carbonyl (C=O) groups excluding carboxylic acids is 1. The summed E-state index contributed by atoms with van der Waals surface area (Å²) in [7, 11) is 0. The molecule has 0 bridgehead atoms. The third-order valence-corrected chi connectivity index (χ3v) is 3.09. The van der Waals surface area contributed by atoms with Crippen LogP contribution in [0.4, 0.5) is 0 Å². The number of aliphatic hydroxyl groups excluding tert-OH is 1. The maximum Gasteiger partial charge on any atom is 0.374 e. The molecule has 0 fully saturated rings. The number of para-hydroxylation sites is 2. The molecule has 1 aromatic carbocycles. The van der Waals surface area contributed by atoms with Crippen LogP contribution in [0.15, 0.2) is 52.8 Å². The van der Waals surface area contributed by atoms with Gasteiger partial charge in [-0.1, -0.05) is 12.1 Å². The van der Waals surface area contributed by atoms with Crippen molar-refractivity contribution in [2.45, 2.75) is 0 Å². The van der Waals surface area contributed by atoms with Crippen molar-refractivity contribution in [1.29, 1.82) is 5.26 Å². The van der Waals surface area contributed by atoms with Gasteiger partial charge in [-0.2, -0.15) is 5.26 Å². The van der Waals surface area contributed by atoms with Crippen molar-refractivity contribution in [3.8, 4) is 6.07 Å². The van der Waals surface area contributed by atoms with Crippen LogP contribution < -0.4 is 0 Å². The summed E-state index contributed by atoms with van der Waals surface area (Å²) in [4.78, 5) is 18.8. The number of carbonyl (C=O) groups is 1. The molecule has 7 heteroatoms. The zero-order chi connectivity index (χ0) is 16.2. The summed E-state index contributed by atoms with van der Waals surface area (Å²) in [5.74, 6) is -0.907. The lowest BCUT2D eigenvalue weighted by atomic mass is 10.2. The molecule has 2 aromatic heterocycles. The number of furan rings is 1. The molecule has 0 aliphatic heterocycles. The van der Waals surface area contributed by atoms with Gasteiger partial charge in [0.05, 0.1) is 17.3 Å². The van der Waals surface area contributed by atoms with E-state index in [2.05, 4.69) is 9.97 Å². The number of fused-ring (bicyclic) bond motifs is 1. The molecule has 0 spiro atoms. The molecule has 7 nitrogen and oxygen atoms in total. The summed E-state index contributed by atoms with van der Waals surface area (Å²) in [6, 6.07) is 12.1. The molecule has 3 rings (SSSR count). The summed E-state index contributed by atoms with van der Waals surface area (Å²) in [5.41, 5.74) is 1.31. The predicted octanol–water partition coefficient (Wildman–Crippen LogP) is 2.81. The van der Waals surface area contributed by atoms with Crippen molar-refractivity contribution >= 4 is 22.6 Å². The number of hydrogen-bond acceptors (Lipinski definition) is 6. The SMILES string of the molecule is N#C/C(=C(\O)COC(=O)c1ccco1)c1nc2ccccc2[nH]1. The molecule has 0 radical (unpaired) electrons. The van der Waals surface area contributed by atoms with E-state index in [1.54, 1.807) is 18.2 Å². The minimum absolute atomic E-state index is 0.0139. The number of allylic oxidation sites excluding steroid dienone is 1. The van der Waals surface area contributed by atoms with Crippen LogP contribution in [0.3, 0.4) is 0 Å². The Morgan fingerprint density at radius 2 is 2.17 bits per heavy atom. The second kappa shape index (κ2) is 6.07. The lowest BCUT2D eigenvalue weighted by Gasteiger charge is -2.03. The number of esters is 1. The first-order valence-electron chi connectivity index (χ1n) is 6.67. The highest BCUT2D eigenvalue weighted by atomic mass is 16.6. The van der Waals surface area contributed by atoms with Crippen LogP contribution in [0.1, 0.15) is 16.4 Å². The molecule has 0 atom stereocenters. The van der Waals surface area contributed by atoms with Crippen molar-refractivity contribution in [3.05, 3.63) is 60.0 Å². The van der Waals surface area contributed by atoms with Gasteiger partial charge < -0.3 is 19.2 Å². The average molecular weight is 309 g/mol. The lowest BCUT2D eigenvalue weighted by Crippen LogP contribution is -2.08. The molecule has 114 valence electrons. The number of nitriles is 1. The quantitative estimate of drug-likeness (QED) is 0.435. The standard InChI is InChI=1S/C16H11N3O4/c17-8-10(15-18-11-4-1-2-5-12(11)19-15)13(20)9-23-16(21)14-6-3-7-22-14/h1-7,20H,9H2,(H,18,19)/b13-10+. The van der Waals surface area contributed by atoms with E-state index in [-0.39, 0.29) is 17.2 Å². The van der Waals surface area contributed by atoms with E-state index in [1.165, 1.54) is 12.3 Å². The van der Waals surface area contributed by atoms with Crippen LogP contribution >= 0.6 is 0 Å². The second-order valence-electron chi connectivity index (χ2n) is 4.59.